The number of rotatable bonds is 4. The molecule has 2 fully saturated rings. The summed E-state index contributed by atoms with van der Waals surface area (Å²) in [5.41, 5.74) is 3.52. The molecule has 0 radical (unpaired) electrons. The van der Waals surface area contributed by atoms with Crippen LogP contribution in [0, 0.1) is 0 Å². The van der Waals surface area contributed by atoms with Crippen LogP contribution < -0.4 is 4.90 Å². The zero-order valence-electron chi connectivity index (χ0n) is 17.9. The van der Waals surface area contributed by atoms with E-state index in [9.17, 15) is 4.79 Å². The summed E-state index contributed by atoms with van der Waals surface area (Å²) in [6, 6.07) is 9.41. The minimum atomic E-state index is -0.0248. The first-order valence-electron chi connectivity index (χ1n) is 11.1. The number of morpholine rings is 1. The second-order valence-corrected chi connectivity index (χ2v) is 8.11. The number of hydrogen-bond acceptors (Lipinski definition) is 7. The Balaban J connectivity index is 1.47. The average molecular weight is 431 g/mol. The lowest BCUT2D eigenvalue weighted by atomic mass is 9.90. The van der Waals surface area contributed by atoms with E-state index in [1.807, 2.05) is 35.4 Å². The highest BCUT2D eigenvalue weighted by Crippen LogP contribution is 2.34. The summed E-state index contributed by atoms with van der Waals surface area (Å²) in [5, 5.41) is 0. The van der Waals surface area contributed by atoms with Crippen molar-refractivity contribution in [2.45, 2.75) is 18.8 Å². The predicted octanol–water partition coefficient (Wildman–Crippen LogP) is 2.79. The Labute approximate surface area is 187 Å². The van der Waals surface area contributed by atoms with E-state index < -0.39 is 0 Å². The highest BCUT2D eigenvalue weighted by atomic mass is 16.5. The fourth-order valence-corrected chi connectivity index (χ4v) is 4.40. The standard InChI is InChI=1S/C24H26N6O2/c31-23(21-5-1-2-8-26-21)30-11-3-4-19(17-30)22-20(18-6-9-25-10-7-18)16-27-24(28-22)29-12-14-32-15-13-29/h1-2,5-10,16,19H,3-4,11-15,17H2. The average Bonchev–Trinajstić information content (AvgIpc) is 2.89. The van der Waals surface area contributed by atoms with Crippen molar-refractivity contribution in [3.05, 3.63) is 66.5 Å². The molecule has 8 nitrogen and oxygen atoms in total. The first kappa shape index (κ1) is 20.5. The van der Waals surface area contributed by atoms with Gasteiger partial charge in [-0.2, -0.15) is 0 Å². The van der Waals surface area contributed by atoms with Crippen LogP contribution in [0.1, 0.15) is 34.9 Å². The van der Waals surface area contributed by atoms with Gasteiger partial charge in [-0.05, 0) is 42.7 Å². The zero-order valence-corrected chi connectivity index (χ0v) is 17.9. The molecule has 5 heterocycles. The molecule has 0 aliphatic carbocycles. The number of aromatic nitrogens is 4. The number of ether oxygens (including phenoxy) is 1. The Morgan fingerprint density at radius 3 is 2.62 bits per heavy atom. The molecule has 0 N–H and O–H groups in total. The third kappa shape index (κ3) is 4.31. The van der Waals surface area contributed by atoms with E-state index in [1.165, 1.54) is 0 Å². The van der Waals surface area contributed by atoms with E-state index in [1.54, 1.807) is 24.7 Å². The normalized spacial score (nSPS) is 19.1. The molecule has 32 heavy (non-hydrogen) atoms. The van der Waals surface area contributed by atoms with Crippen LogP contribution in [0.2, 0.25) is 0 Å². The number of carbonyl (C=O) groups is 1. The highest BCUT2D eigenvalue weighted by Gasteiger charge is 2.29. The molecule has 5 rings (SSSR count). The van der Waals surface area contributed by atoms with Gasteiger partial charge >= 0.3 is 0 Å². The molecular formula is C24H26N6O2. The second-order valence-electron chi connectivity index (χ2n) is 8.11. The largest absolute Gasteiger partial charge is 0.378 e. The molecule has 164 valence electrons. The summed E-state index contributed by atoms with van der Waals surface area (Å²) in [5.74, 6) is 0.833. The Morgan fingerprint density at radius 2 is 1.84 bits per heavy atom. The SMILES string of the molecule is O=C(c1ccccn1)N1CCCC(c2nc(N3CCOCC3)ncc2-c2ccncc2)C1. The number of anilines is 1. The third-order valence-corrected chi connectivity index (χ3v) is 6.07. The van der Waals surface area contributed by atoms with E-state index in [0.29, 0.717) is 25.5 Å². The Hall–Kier alpha value is -3.39. The quantitative estimate of drug-likeness (QED) is 0.629. The Kier molecular flexibility index (Phi) is 6.02. The molecule has 2 aliphatic rings. The maximum Gasteiger partial charge on any atom is 0.272 e. The third-order valence-electron chi connectivity index (χ3n) is 6.07. The maximum absolute atomic E-state index is 13.0. The monoisotopic (exact) mass is 430 g/mol. The number of pyridine rings is 2. The van der Waals surface area contributed by atoms with E-state index in [0.717, 1.165) is 55.2 Å². The number of hydrogen-bond donors (Lipinski definition) is 0. The van der Waals surface area contributed by atoms with Crippen molar-refractivity contribution in [2.24, 2.45) is 0 Å². The van der Waals surface area contributed by atoms with Crippen molar-refractivity contribution in [3.8, 4) is 11.1 Å². The maximum atomic E-state index is 13.0. The van der Waals surface area contributed by atoms with Gasteiger partial charge in [0.25, 0.3) is 5.91 Å². The van der Waals surface area contributed by atoms with Crippen LogP contribution in [0.3, 0.4) is 0 Å². The summed E-state index contributed by atoms with van der Waals surface area (Å²) in [6.45, 7) is 4.28. The number of carbonyl (C=O) groups excluding carboxylic acids is 1. The number of likely N-dealkylation sites (tertiary alicyclic amines) is 1. The number of nitrogens with zero attached hydrogens (tertiary/aromatic N) is 6. The second kappa shape index (κ2) is 9.40. The van der Waals surface area contributed by atoms with Gasteiger partial charge in [-0.3, -0.25) is 14.8 Å². The van der Waals surface area contributed by atoms with Gasteiger partial charge in [0.05, 0.1) is 18.9 Å². The predicted molar refractivity (Wildman–Crippen MR) is 120 cm³/mol. The van der Waals surface area contributed by atoms with E-state index >= 15 is 0 Å². The van der Waals surface area contributed by atoms with Gasteiger partial charge < -0.3 is 14.5 Å². The molecule has 0 saturated carbocycles. The van der Waals surface area contributed by atoms with Crippen LogP contribution in [-0.2, 0) is 4.74 Å². The summed E-state index contributed by atoms with van der Waals surface area (Å²) in [4.78, 5) is 35.3. The Bertz CT molecular complexity index is 1060. The van der Waals surface area contributed by atoms with Crippen molar-refractivity contribution >= 4 is 11.9 Å². The zero-order chi connectivity index (χ0) is 21.8. The molecule has 1 amide bonds. The van der Waals surface area contributed by atoms with Gasteiger partial charge in [0.2, 0.25) is 5.95 Å². The van der Waals surface area contributed by atoms with Crippen LogP contribution in [0.5, 0.6) is 0 Å². The van der Waals surface area contributed by atoms with Crippen LogP contribution in [-0.4, -0.2) is 70.1 Å². The first-order chi connectivity index (χ1) is 15.8. The van der Waals surface area contributed by atoms with Gasteiger partial charge in [-0.1, -0.05) is 6.07 Å². The van der Waals surface area contributed by atoms with E-state index in [-0.39, 0.29) is 11.8 Å². The molecule has 2 aliphatic heterocycles. The summed E-state index contributed by atoms with van der Waals surface area (Å²) in [6.07, 6.45) is 9.05. The molecule has 3 aromatic heterocycles. The molecular weight excluding hydrogens is 404 g/mol. The minimum absolute atomic E-state index is 0.0248. The lowest BCUT2D eigenvalue weighted by Crippen LogP contribution is -2.40. The van der Waals surface area contributed by atoms with Gasteiger partial charge in [0.15, 0.2) is 0 Å². The van der Waals surface area contributed by atoms with Crippen molar-refractivity contribution < 1.29 is 9.53 Å². The van der Waals surface area contributed by atoms with Gasteiger partial charge in [0, 0.05) is 62.4 Å². The van der Waals surface area contributed by atoms with Crippen LogP contribution in [0.4, 0.5) is 5.95 Å². The van der Waals surface area contributed by atoms with Crippen LogP contribution in [0.25, 0.3) is 11.1 Å². The van der Waals surface area contributed by atoms with Crippen LogP contribution in [0.15, 0.2) is 55.1 Å². The van der Waals surface area contributed by atoms with E-state index in [4.69, 9.17) is 9.72 Å². The van der Waals surface area contributed by atoms with Crippen LogP contribution >= 0.6 is 0 Å². The Morgan fingerprint density at radius 1 is 1.00 bits per heavy atom. The van der Waals surface area contributed by atoms with Gasteiger partial charge in [-0.15, -0.1) is 0 Å². The molecule has 3 aromatic rings. The fraction of sp³-hybridized carbons (Fsp3) is 0.375. The molecule has 1 atom stereocenters. The molecule has 8 heteroatoms. The number of piperidine rings is 1. The van der Waals surface area contributed by atoms with E-state index in [2.05, 4.69) is 19.9 Å². The molecule has 2 saturated heterocycles. The molecule has 0 bridgehead atoms. The van der Waals surface area contributed by atoms with Crippen molar-refractivity contribution in [1.29, 1.82) is 0 Å². The van der Waals surface area contributed by atoms with Crippen molar-refractivity contribution in [1.82, 2.24) is 24.8 Å². The minimum Gasteiger partial charge on any atom is -0.378 e. The molecule has 1 unspecified atom stereocenters. The van der Waals surface area contributed by atoms with Crippen molar-refractivity contribution in [2.75, 3.05) is 44.3 Å². The fourth-order valence-electron chi connectivity index (χ4n) is 4.40. The molecule has 0 aromatic carbocycles. The van der Waals surface area contributed by atoms with Crippen molar-refractivity contribution in [3.63, 3.8) is 0 Å². The highest BCUT2D eigenvalue weighted by molar-refractivity contribution is 5.92. The lowest BCUT2D eigenvalue weighted by molar-refractivity contribution is 0.0700. The topological polar surface area (TPSA) is 84.3 Å². The first-order valence-corrected chi connectivity index (χ1v) is 11.1. The molecule has 0 spiro atoms. The summed E-state index contributed by atoms with van der Waals surface area (Å²) in [7, 11) is 0. The van der Waals surface area contributed by atoms with Gasteiger partial charge in [0.1, 0.15) is 5.69 Å². The number of amides is 1. The summed E-state index contributed by atoms with van der Waals surface area (Å²) < 4.78 is 5.49. The van der Waals surface area contributed by atoms with Gasteiger partial charge in [-0.25, -0.2) is 9.97 Å². The summed E-state index contributed by atoms with van der Waals surface area (Å²) >= 11 is 0. The lowest BCUT2D eigenvalue weighted by Gasteiger charge is -2.34. The smallest absolute Gasteiger partial charge is 0.272 e.